The molecule has 0 unspecified atom stereocenters. The molecule has 28 heavy (non-hydrogen) atoms. The zero-order valence-electron chi connectivity index (χ0n) is 17.2. The smallest absolute Gasteiger partial charge is 0.254 e. The normalized spacial score (nSPS) is 15.4. The van der Waals surface area contributed by atoms with Crippen LogP contribution in [-0.2, 0) is 0 Å². The zero-order chi connectivity index (χ0) is 19.8. The van der Waals surface area contributed by atoms with Gasteiger partial charge in [0.25, 0.3) is 5.91 Å². The van der Waals surface area contributed by atoms with Crippen LogP contribution in [-0.4, -0.2) is 38.7 Å². The van der Waals surface area contributed by atoms with Crippen LogP contribution in [0.3, 0.4) is 0 Å². The number of nitrogens with zero attached hydrogens (tertiary/aromatic N) is 4. The van der Waals surface area contributed by atoms with Crippen LogP contribution in [0.1, 0.15) is 65.7 Å². The summed E-state index contributed by atoms with van der Waals surface area (Å²) in [5.41, 5.74) is 3.52. The van der Waals surface area contributed by atoms with Crippen molar-refractivity contribution in [3.8, 4) is 11.3 Å². The van der Waals surface area contributed by atoms with E-state index in [4.69, 9.17) is 4.98 Å². The molecule has 5 nitrogen and oxygen atoms in total. The lowest BCUT2D eigenvalue weighted by molar-refractivity contribution is 0.0763. The van der Waals surface area contributed by atoms with Crippen LogP contribution in [0.15, 0.2) is 18.3 Å². The maximum absolute atomic E-state index is 13.5. The first kappa shape index (κ1) is 19.1. The maximum Gasteiger partial charge on any atom is 0.254 e. The van der Waals surface area contributed by atoms with Crippen molar-refractivity contribution in [3.63, 3.8) is 0 Å². The fourth-order valence-corrected chi connectivity index (χ4v) is 4.97. The van der Waals surface area contributed by atoms with Gasteiger partial charge in [0.2, 0.25) is 0 Å². The van der Waals surface area contributed by atoms with E-state index in [1.54, 1.807) is 11.3 Å². The summed E-state index contributed by atoms with van der Waals surface area (Å²) in [6, 6.07) is 4.34. The summed E-state index contributed by atoms with van der Waals surface area (Å²) >= 11 is 1.77. The van der Waals surface area contributed by atoms with E-state index < -0.39 is 0 Å². The fourth-order valence-electron chi connectivity index (χ4n) is 4.04. The number of pyridine rings is 1. The van der Waals surface area contributed by atoms with E-state index in [0.717, 1.165) is 53.8 Å². The highest BCUT2D eigenvalue weighted by Gasteiger charge is 2.24. The fraction of sp³-hybridized carbons (Fsp3) is 0.500. The molecule has 1 aliphatic heterocycles. The molecule has 0 aliphatic carbocycles. The average molecular weight is 397 g/mol. The van der Waals surface area contributed by atoms with Gasteiger partial charge in [-0.05, 0) is 52.7 Å². The number of thiophene rings is 1. The Labute approximate surface area is 170 Å². The number of likely N-dealkylation sites (tertiary alicyclic amines) is 1. The molecule has 0 saturated carbocycles. The highest BCUT2D eigenvalue weighted by molar-refractivity contribution is 7.12. The summed E-state index contributed by atoms with van der Waals surface area (Å²) in [5, 5.41) is 5.41. The predicted octanol–water partition coefficient (Wildman–Crippen LogP) is 5.37. The second kappa shape index (κ2) is 7.66. The Morgan fingerprint density at radius 1 is 1.11 bits per heavy atom. The van der Waals surface area contributed by atoms with E-state index in [1.165, 1.54) is 22.6 Å². The number of fused-ring (bicyclic) bond motifs is 1. The topological polar surface area (TPSA) is 51.0 Å². The summed E-state index contributed by atoms with van der Waals surface area (Å²) in [7, 11) is 0. The molecule has 0 radical (unpaired) electrons. The Morgan fingerprint density at radius 2 is 1.82 bits per heavy atom. The van der Waals surface area contributed by atoms with E-state index in [1.807, 2.05) is 21.8 Å². The van der Waals surface area contributed by atoms with Crippen molar-refractivity contribution < 1.29 is 4.79 Å². The largest absolute Gasteiger partial charge is 0.339 e. The number of aromatic nitrogens is 3. The third-order valence-electron chi connectivity index (χ3n) is 5.50. The van der Waals surface area contributed by atoms with E-state index >= 15 is 0 Å². The third-order valence-corrected chi connectivity index (χ3v) is 6.46. The van der Waals surface area contributed by atoms with Gasteiger partial charge >= 0.3 is 0 Å². The van der Waals surface area contributed by atoms with Crippen LogP contribution in [0, 0.1) is 13.8 Å². The molecule has 3 aromatic rings. The second-order valence-corrected chi connectivity index (χ2v) is 9.47. The van der Waals surface area contributed by atoms with Gasteiger partial charge in [0.1, 0.15) is 0 Å². The summed E-state index contributed by atoms with van der Waals surface area (Å²) in [6.45, 7) is 10.1. The van der Waals surface area contributed by atoms with Crippen molar-refractivity contribution >= 4 is 28.3 Å². The molecule has 1 saturated heterocycles. The quantitative estimate of drug-likeness (QED) is 0.598. The van der Waals surface area contributed by atoms with Gasteiger partial charge in [-0.15, -0.1) is 11.3 Å². The molecule has 148 valence electrons. The second-order valence-electron chi connectivity index (χ2n) is 8.01. The van der Waals surface area contributed by atoms with Crippen LogP contribution >= 0.6 is 11.3 Å². The molecule has 1 aliphatic rings. The number of rotatable bonds is 3. The zero-order valence-corrected chi connectivity index (χ0v) is 18.0. The van der Waals surface area contributed by atoms with Gasteiger partial charge in [-0.25, -0.2) is 9.67 Å². The maximum atomic E-state index is 13.5. The summed E-state index contributed by atoms with van der Waals surface area (Å²) < 4.78 is 1.92. The Morgan fingerprint density at radius 3 is 2.43 bits per heavy atom. The van der Waals surface area contributed by atoms with E-state index in [-0.39, 0.29) is 11.9 Å². The van der Waals surface area contributed by atoms with Gasteiger partial charge in [-0.2, -0.15) is 5.10 Å². The van der Waals surface area contributed by atoms with E-state index in [9.17, 15) is 4.79 Å². The van der Waals surface area contributed by atoms with Gasteiger partial charge in [0.15, 0.2) is 5.65 Å². The number of carbonyl (C=O) groups excluding carboxylic acids is 1. The Balaban J connectivity index is 1.88. The lowest BCUT2D eigenvalue weighted by atomic mass is 10.1. The number of hydrogen-bond donors (Lipinski definition) is 0. The molecular formula is C22H28N4OS. The van der Waals surface area contributed by atoms with Crippen LogP contribution in [0.5, 0.6) is 0 Å². The molecule has 3 aromatic heterocycles. The Kier molecular flexibility index (Phi) is 5.23. The number of hydrogen-bond acceptors (Lipinski definition) is 4. The monoisotopic (exact) mass is 396 g/mol. The number of amides is 1. The minimum Gasteiger partial charge on any atom is -0.339 e. The number of aryl methyl sites for hydroxylation is 2. The molecule has 0 spiro atoms. The van der Waals surface area contributed by atoms with Crippen molar-refractivity contribution in [3.05, 3.63) is 33.6 Å². The number of carbonyl (C=O) groups is 1. The standard InChI is InChI=1S/C22H28N4OS/c1-14(2)26-21-19(13-23-26)18(22(27)25-9-7-5-6-8-10-25)12-20(24-21)17-11-15(3)28-16(17)4/h11-14H,5-10H2,1-4H3. The molecule has 0 N–H and O–H groups in total. The van der Waals surface area contributed by atoms with Gasteiger partial charge in [-0.1, -0.05) is 12.8 Å². The van der Waals surface area contributed by atoms with Crippen LogP contribution in [0.25, 0.3) is 22.3 Å². The predicted molar refractivity (Wildman–Crippen MR) is 115 cm³/mol. The minimum atomic E-state index is 0.114. The van der Waals surface area contributed by atoms with Crippen LogP contribution < -0.4 is 0 Å². The summed E-state index contributed by atoms with van der Waals surface area (Å²) in [4.78, 5) is 22.9. The first-order chi connectivity index (χ1) is 13.5. The lowest BCUT2D eigenvalue weighted by Crippen LogP contribution is -2.32. The van der Waals surface area contributed by atoms with Crippen molar-refractivity contribution in [2.45, 2.75) is 59.4 Å². The lowest BCUT2D eigenvalue weighted by Gasteiger charge is -2.21. The summed E-state index contributed by atoms with van der Waals surface area (Å²) in [5.74, 6) is 0.114. The minimum absolute atomic E-state index is 0.114. The van der Waals surface area contributed by atoms with Crippen molar-refractivity contribution in [1.82, 2.24) is 19.7 Å². The van der Waals surface area contributed by atoms with Gasteiger partial charge in [-0.3, -0.25) is 4.79 Å². The summed E-state index contributed by atoms with van der Waals surface area (Å²) in [6.07, 6.45) is 6.39. The highest BCUT2D eigenvalue weighted by Crippen LogP contribution is 2.33. The Bertz CT molecular complexity index is 1010. The van der Waals surface area contributed by atoms with Gasteiger partial charge < -0.3 is 4.90 Å². The van der Waals surface area contributed by atoms with Crippen molar-refractivity contribution in [2.24, 2.45) is 0 Å². The van der Waals surface area contributed by atoms with Crippen LogP contribution in [0.2, 0.25) is 0 Å². The van der Waals surface area contributed by atoms with Crippen molar-refractivity contribution in [2.75, 3.05) is 13.1 Å². The third kappa shape index (κ3) is 3.46. The Hall–Kier alpha value is -2.21. The highest BCUT2D eigenvalue weighted by atomic mass is 32.1. The molecular weight excluding hydrogens is 368 g/mol. The molecule has 4 rings (SSSR count). The first-order valence-corrected chi connectivity index (χ1v) is 11.0. The van der Waals surface area contributed by atoms with Crippen LogP contribution in [0.4, 0.5) is 0 Å². The molecule has 1 fully saturated rings. The molecule has 0 bridgehead atoms. The van der Waals surface area contributed by atoms with Gasteiger partial charge in [0, 0.05) is 34.4 Å². The van der Waals surface area contributed by atoms with Crippen molar-refractivity contribution in [1.29, 1.82) is 0 Å². The molecule has 4 heterocycles. The molecule has 0 aromatic carbocycles. The van der Waals surface area contributed by atoms with E-state index in [0.29, 0.717) is 0 Å². The molecule has 1 amide bonds. The average Bonchev–Trinajstić information content (AvgIpc) is 3.11. The molecule has 6 heteroatoms. The van der Waals surface area contributed by atoms with Gasteiger partial charge in [0.05, 0.1) is 22.8 Å². The van der Waals surface area contributed by atoms with E-state index in [2.05, 4.69) is 38.9 Å². The SMILES string of the molecule is Cc1cc(-c2cc(C(=O)N3CCCCCC3)c3cnn(C(C)C)c3n2)c(C)s1. The first-order valence-electron chi connectivity index (χ1n) is 10.2. The molecule has 0 atom stereocenters.